The molecule has 0 spiro atoms. The zero-order valence-corrected chi connectivity index (χ0v) is 12.1. The molecule has 0 aliphatic rings. The second-order valence-corrected chi connectivity index (χ2v) is 5.22. The van der Waals surface area contributed by atoms with E-state index in [0.29, 0.717) is 21.4 Å². The van der Waals surface area contributed by atoms with Gasteiger partial charge in [-0.2, -0.15) is 0 Å². The molecule has 0 aliphatic heterocycles. The van der Waals surface area contributed by atoms with Crippen molar-refractivity contribution in [3.05, 3.63) is 56.7 Å². The highest BCUT2D eigenvalue weighted by atomic mass is 79.9. The van der Waals surface area contributed by atoms with Gasteiger partial charge in [0.05, 0.1) is 0 Å². The minimum absolute atomic E-state index is 0.263. The largest absolute Gasteiger partial charge is 0.322 e. The van der Waals surface area contributed by atoms with Gasteiger partial charge in [-0.3, -0.25) is 4.79 Å². The lowest BCUT2D eigenvalue weighted by molar-refractivity contribution is 0.102. The Morgan fingerprint density at radius 2 is 2.00 bits per heavy atom. The van der Waals surface area contributed by atoms with Crippen LogP contribution in [0.5, 0.6) is 0 Å². The molecule has 0 atom stereocenters. The maximum absolute atomic E-state index is 12.0. The van der Waals surface area contributed by atoms with Crippen LogP contribution in [0, 0.1) is 0 Å². The maximum atomic E-state index is 12.0. The lowest BCUT2D eigenvalue weighted by Crippen LogP contribution is -2.11. The highest BCUT2D eigenvalue weighted by molar-refractivity contribution is 9.10. The third kappa shape index (κ3) is 3.45. The standard InChI is InChI=1S/C12H7BrCl2N2O/c13-8-3-7(4-9(14)5-8)12(18)17-10-1-2-16-11(15)6-10/h1-6H,(H,16,17,18). The zero-order chi connectivity index (χ0) is 13.1. The van der Waals surface area contributed by atoms with Crippen molar-refractivity contribution in [3.8, 4) is 0 Å². The number of pyridine rings is 1. The lowest BCUT2D eigenvalue weighted by atomic mass is 10.2. The zero-order valence-electron chi connectivity index (χ0n) is 8.95. The Bertz CT molecular complexity index is 584. The number of halogens is 3. The Balaban J connectivity index is 2.22. The quantitative estimate of drug-likeness (QED) is 0.819. The molecule has 1 heterocycles. The van der Waals surface area contributed by atoms with E-state index in [1.807, 2.05) is 0 Å². The minimum Gasteiger partial charge on any atom is -0.322 e. The van der Waals surface area contributed by atoms with Crippen LogP contribution in [0.4, 0.5) is 5.69 Å². The number of hydrogen-bond donors (Lipinski definition) is 1. The molecule has 0 bridgehead atoms. The summed E-state index contributed by atoms with van der Waals surface area (Å²) in [6.07, 6.45) is 1.52. The number of benzene rings is 1. The Kier molecular flexibility index (Phi) is 4.22. The molecule has 2 aromatic rings. The molecule has 0 saturated carbocycles. The van der Waals surface area contributed by atoms with E-state index in [9.17, 15) is 4.79 Å². The Morgan fingerprint density at radius 3 is 2.67 bits per heavy atom. The van der Waals surface area contributed by atoms with E-state index in [1.165, 1.54) is 6.20 Å². The predicted octanol–water partition coefficient (Wildman–Crippen LogP) is 4.40. The number of rotatable bonds is 2. The van der Waals surface area contributed by atoms with E-state index in [4.69, 9.17) is 23.2 Å². The van der Waals surface area contributed by atoms with Crippen molar-refractivity contribution < 1.29 is 4.79 Å². The van der Waals surface area contributed by atoms with Crippen LogP contribution in [0.2, 0.25) is 10.2 Å². The molecule has 0 saturated heterocycles. The molecule has 0 unspecified atom stereocenters. The molecule has 0 radical (unpaired) electrons. The number of anilines is 1. The third-order valence-electron chi connectivity index (χ3n) is 2.11. The fourth-order valence-corrected chi connectivity index (χ4v) is 2.40. The van der Waals surface area contributed by atoms with Gasteiger partial charge in [0.2, 0.25) is 0 Å². The topological polar surface area (TPSA) is 42.0 Å². The molecule has 3 nitrogen and oxygen atoms in total. The van der Waals surface area contributed by atoms with Crippen LogP contribution in [0.1, 0.15) is 10.4 Å². The van der Waals surface area contributed by atoms with Crippen molar-refractivity contribution in [2.45, 2.75) is 0 Å². The second kappa shape index (κ2) is 5.69. The van der Waals surface area contributed by atoms with E-state index < -0.39 is 0 Å². The summed E-state index contributed by atoms with van der Waals surface area (Å²) in [5.41, 5.74) is 1.04. The number of nitrogens with one attached hydrogen (secondary N) is 1. The molecule has 1 aromatic heterocycles. The van der Waals surface area contributed by atoms with E-state index in [-0.39, 0.29) is 5.91 Å². The average molecular weight is 346 g/mol. The number of carbonyl (C=O) groups is 1. The van der Waals surface area contributed by atoms with Crippen LogP contribution in [0.25, 0.3) is 0 Å². The van der Waals surface area contributed by atoms with Crippen LogP contribution < -0.4 is 5.32 Å². The van der Waals surface area contributed by atoms with Gasteiger partial charge < -0.3 is 5.32 Å². The Labute approximate surface area is 122 Å². The van der Waals surface area contributed by atoms with Gasteiger partial charge in [-0.05, 0) is 30.3 Å². The summed E-state index contributed by atoms with van der Waals surface area (Å²) in [6, 6.07) is 8.21. The average Bonchev–Trinajstić information content (AvgIpc) is 2.27. The van der Waals surface area contributed by atoms with Crippen LogP contribution in [-0.4, -0.2) is 10.9 Å². The first-order valence-corrected chi connectivity index (χ1v) is 6.48. The summed E-state index contributed by atoms with van der Waals surface area (Å²) in [4.78, 5) is 15.8. The van der Waals surface area contributed by atoms with Crippen LogP contribution >= 0.6 is 39.1 Å². The first-order chi connectivity index (χ1) is 8.54. The molecule has 1 N–H and O–H groups in total. The van der Waals surface area contributed by atoms with Crippen molar-refractivity contribution in [2.24, 2.45) is 0 Å². The Morgan fingerprint density at radius 1 is 1.22 bits per heavy atom. The molecular formula is C12H7BrCl2N2O. The van der Waals surface area contributed by atoms with Crippen molar-refractivity contribution in [2.75, 3.05) is 5.32 Å². The molecule has 1 aromatic carbocycles. The summed E-state index contributed by atoms with van der Waals surface area (Å²) in [6.45, 7) is 0. The number of amides is 1. The lowest BCUT2D eigenvalue weighted by Gasteiger charge is -2.06. The number of carbonyl (C=O) groups excluding carboxylic acids is 1. The van der Waals surface area contributed by atoms with Crippen molar-refractivity contribution in [1.29, 1.82) is 0 Å². The van der Waals surface area contributed by atoms with Crippen LogP contribution in [0.15, 0.2) is 41.0 Å². The van der Waals surface area contributed by atoms with Gasteiger partial charge in [-0.15, -0.1) is 0 Å². The summed E-state index contributed by atoms with van der Waals surface area (Å²) in [5.74, 6) is -0.263. The van der Waals surface area contributed by atoms with Crippen molar-refractivity contribution >= 4 is 50.7 Å². The van der Waals surface area contributed by atoms with E-state index in [1.54, 1.807) is 30.3 Å². The van der Waals surface area contributed by atoms with Gasteiger partial charge in [0.15, 0.2) is 0 Å². The monoisotopic (exact) mass is 344 g/mol. The number of hydrogen-bond acceptors (Lipinski definition) is 2. The van der Waals surface area contributed by atoms with Gasteiger partial charge in [-0.1, -0.05) is 39.1 Å². The van der Waals surface area contributed by atoms with E-state index in [0.717, 1.165) is 4.47 Å². The second-order valence-electron chi connectivity index (χ2n) is 3.48. The van der Waals surface area contributed by atoms with E-state index >= 15 is 0 Å². The van der Waals surface area contributed by atoms with Crippen LogP contribution in [-0.2, 0) is 0 Å². The fourth-order valence-electron chi connectivity index (χ4n) is 1.37. The summed E-state index contributed by atoms with van der Waals surface area (Å²) in [5, 5.41) is 3.52. The fraction of sp³-hybridized carbons (Fsp3) is 0. The van der Waals surface area contributed by atoms with Gasteiger partial charge in [0, 0.05) is 26.9 Å². The minimum atomic E-state index is -0.263. The molecule has 0 aliphatic carbocycles. The summed E-state index contributed by atoms with van der Waals surface area (Å²) >= 11 is 14.9. The summed E-state index contributed by atoms with van der Waals surface area (Å²) < 4.78 is 0.743. The molecule has 2 rings (SSSR count). The predicted molar refractivity (Wildman–Crippen MR) is 76.4 cm³/mol. The van der Waals surface area contributed by atoms with Gasteiger partial charge in [-0.25, -0.2) is 4.98 Å². The smallest absolute Gasteiger partial charge is 0.255 e. The van der Waals surface area contributed by atoms with E-state index in [2.05, 4.69) is 26.2 Å². The molecular weight excluding hydrogens is 339 g/mol. The number of aromatic nitrogens is 1. The van der Waals surface area contributed by atoms with Gasteiger partial charge in [0.1, 0.15) is 5.15 Å². The SMILES string of the molecule is O=C(Nc1ccnc(Cl)c1)c1cc(Cl)cc(Br)c1. The first-order valence-electron chi connectivity index (χ1n) is 4.93. The molecule has 0 fully saturated rings. The highest BCUT2D eigenvalue weighted by Crippen LogP contribution is 2.21. The summed E-state index contributed by atoms with van der Waals surface area (Å²) in [7, 11) is 0. The highest BCUT2D eigenvalue weighted by Gasteiger charge is 2.08. The van der Waals surface area contributed by atoms with Gasteiger partial charge >= 0.3 is 0 Å². The third-order valence-corrected chi connectivity index (χ3v) is 2.99. The first kappa shape index (κ1) is 13.3. The van der Waals surface area contributed by atoms with Crippen molar-refractivity contribution in [3.63, 3.8) is 0 Å². The molecule has 6 heteroatoms. The molecule has 92 valence electrons. The maximum Gasteiger partial charge on any atom is 0.255 e. The molecule has 1 amide bonds. The normalized spacial score (nSPS) is 10.2. The number of nitrogens with zero attached hydrogens (tertiary/aromatic N) is 1. The van der Waals surface area contributed by atoms with Gasteiger partial charge in [0.25, 0.3) is 5.91 Å². The van der Waals surface area contributed by atoms with Crippen LogP contribution in [0.3, 0.4) is 0 Å². The van der Waals surface area contributed by atoms with Crippen molar-refractivity contribution in [1.82, 2.24) is 4.98 Å². The Hall–Kier alpha value is -1.10. The molecule has 18 heavy (non-hydrogen) atoms.